The predicted octanol–water partition coefficient (Wildman–Crippen LogP) is 2.05. The maximum atomic E-state index is 11.7. The van der Waals surface area contributed by atoms with Gasteiger partial charge in [0.1, 0.15) is 0 Å². The predicted molar refractivity (Wildman–Crippen MR) is 76.3 cm³/mol. The van der Waals surface area contributed by atoms with E-state index >= 15 is 0 Å². The molecular weight excluding hydrogens is 240 g/mol. The summed E-state index contributed by atoms with van der Waals surface area (Å²) >= 11 is 0. The fourth-order valence-electron chi connectivity index (χ4n) is 3.87. The minimum Gasteiger partial charge on any atom is -0.481 e. The Morgan fingerprint density at radius 2 is 2.21 bits per heavy atom. The molecule has 1 N–H and O–H groups in total. The Morgan fingerprint density at radius 3 is 2.74 bits per heavy atom. The normalized spacial score (nSPS) is 37.6. The van der Waals surface area contributed by atoms with Gasteiger partial charge in [-0.3, -0.25) is 9.69 Å². The van der Waals surface area contributed by atoms with Crippen molar-refractivity contribution in [1.29, 1.82) is 0 Å². The zero-order valence-corrected chi connectivity index (χ0v) is 12.6. The minimum absolute atomic E-state index is 0.489. The lowest BCUT2D eigenvalue weighted by atomic mass is 9.76. The first-order valence-electron chi connectivity index (χ1n) is 7.66. The molecule has 0 aromatic rings. The molecule has 0 aromatic heterocycles. The second-order valence-electron chi connectivity index (χ2n) is 6.59. The molecule has 0 aliphatic carbocycles. The molecule has 2 saturated heterocycles. The SMILES string of the molecule is CCCC1(C(=O)O)CCCN(C2CC(C)N(C)C2)C1. The first-order valence-corrected chi connectivity index (χ1v) is 7.66. The average Bonchev–Trinajstić information content (AvgIpc) is 2.70. The summed E-state index contributed by atoms with van der Waals surface area (Å²) < 4.78 is 0. The smallest absolute Gasteiger partial charge is 0.310 e. The van der Waals surface area contributed by atoms with Crippen molar-refractivity contribution >= 4 is 5.97 Å². The van der Waals surface area contributed by atoms with E-state index in [1.165, 1.54) is 6.42 Å². The van der Waals surface area contributed by atoms with E-state index in [9.17, 15) is 9.90 Å². The van der Waals surface area contributed by atoms with Crippen molar-refractivity contribution in [1.82, 2.24) is 9.80 Å². The molecule has 3 unspecified atom stereocenters. The van der Waals surface area contributed by atoms with Gasteiger partial charge in [0.25, 0.3) is 0 Å². The van der Waals surface area contributed by atoms with Gasteiger partial charge in [-0.25, -0.2) is 0 Å². The molecule has 0 spiro atoms. The van der Waals surface area contributed by atoms with Crippen LogP contribution in [0.2, 0.25) is 0 Å². The minimum atomic E-state index is -0.585. The van der Waals surface area contributed by atoms with E-state index in [1.807, 2.05) is 0 Å². The Balaban J connectivity index is 2.06. The number of aliphatic carboxylic acids is 1. The van der Waals surface area contributed by atoms with E-state index in [0.29, 0.717) is 12.1 Å². The number of likely N-dealkylation sites (N-methyl/N-ethyl adjacent to an activating group) is 1. The third kappa shape index (κ3) is 2.95. The highest BCUT2D eigenvalue weighted by Gasteiger charge is 2.44. The Bertz CT molecular complexity index is 320. The highest BCUT2D eigenvalue weighted by molar-refractivity contribution is 5.75. The van der Waals surface area contributed by atoms with E-state index in [1.54, 1.807) is 0 Å². The zero-order valence-electron chi connectivity index (χ0n) is 12.6. The summed E-state index contributed by atoms with van der Waals surface area (Å²) in [5.74, 6) is -0.585. The monoisotopic (exact) mass is 268 g/mol. The molecule has 0 amide bonds. The molecule has 4 nitrogen and oxygen atoms in total. The topological polar surface area (TPSA) is 43.8 Å². The van der Waals surface area contributed by atoms with Gasteiger partial charge < -0.3 is 10.0 Å². The van der Waals surface area contributed by atoms with Gasteiger partial charge in [-0.2, -0.15) is 0 Å². The molecule has 3 atom stereocenters. The van der Waals surface area contributed by atoms with Crippen molar-refractivity contribution < 1.29 is 9.90 Å². The van der Waals surface area contributed by atoms with E-state index < -0.39 is 11.4 Å². The van der Waals surface area contributed by atoms with Crippen molar-refractivity contribution in [2.75, 3.05) is 26.7 Å². The van der Waals surface area contributed by atoms with Crippen molar-refractivity contribution in [2.24, 2.45) is 5.41 Å². The van der Waals surface area contributed by atoms with Crippen LogP contribution in [0.4, 0.5) is 0 Å². The number of carboxylic acid groups (broad SMARTS) is 1. The van der Waals surface area contributed by atoms with Crippen LogP contribution in [-0.2, 0) is 4.79 Å². The fraction of sp³-hybridized carbons (Fsp3) is 0.933. The van der Waals surface area contributed by atoms with Crippen LogP contribution >= 0.6 is 0 Å². The Hall–Kier alpha value is -0.610. The van der Waals surface area contributed by atoms with Gasteiger partial charge in [-0.15, -0.1) is 0 Å². The van der Waals surface area contributed by atoms with Crippen LogP contribution in [0.25, 0.3) is 0 Å². The van der Waals surface area contributed by atoms with Crippen LogP contribution in [0, 0.1) is 5.41 Å². The summed E-state index contributed by atoms with van der Waals surface area (Å²) in [6.07, 6.45) is 4.84. The highest BCUT2D eigenvalue weighted by Crippen LogP contribution is 2.37. The number of hydrogen-bond donors (Lipinski definition) is 1. The maximum absolute atomic E-state index is 11.7. The van der Waals surface area contributed by atoms with Gasteiger partial charge in [-0.05, 0) is 46.2 Å². The standard InChI is InChI=1S/C15H28N2O2/c1-4-6-15(14(18)19)7-5-8-17(11-15)13-9-12(2)16(3)10-13/h12-13H,4-11H2,1-3H3,(H,18,19). The van der Waals surface area contributed by atoms with E-state index in [4.69, 9.17) is 0 Å². The molecule has 4 heteroatoms. The summed E-state index contributed by atoms with van der Waals surface area (Å²) in [5, 5.41) is 9.65. The number of likely N-dealkylation sites (tertiary alicyclic amines) is 2. The lowest BCUT2D eigenvalue weighted by molar-refractivity contribution is -0.153. The summed E-state index contributed by atoms with van der Waals surface area (Å²) in [5.41, 5.74) is -0.489. The van der Waals surface area contributed by atoms with Crippen molar-refractivity contribution in [2.45, 2.75) is 58.0 Å². The molecule has 2 rings (SSSR count). The summed E-state index contributed by atoms with van der Waals surface area (Å²) in [7, 11) is 2.17. The largest absolute Gasteiger partial charge is 0.481 e. The van der Waals surface area contributed by atoms with Crippen LogP contribution in [0.5, 0.6) is 0 Å². The highest BCUT2D eigenvalue weighted by atomic mass is 16.4. The number of piperidine rings is 1. The van der Waals surface area contributed by atoms with Gasteiger partial charge in [0.05, 0.1) is 5.41 Å². The molecule has 2 fully saturated rings. The first-order chi connectivity index (χ1) is 8.98. The molecule has 110 valence electrons. The number of carbonyl (C=O) groups is 1. The van der Waals surface area contributed by atoms with Crippen molar-refractivity contribution in [3.63, 3.8) is 0 Å². The molecule has 19 heavy (non-hydrogen) atoms. The van der Waals surface area contributed by atoms with Gasteiger partial charge in [0, 0.05) is 25.2 Å². The van der Waals surface area contributed by atoms with Crippen molar-refractivity contribution in [3.8, 4) is 0 Å². The zero-order chi connectivity index (χ0) is 14.0. The number of rotatable bonds is 4. The van der Waals surface area contributed by atoms with E-state index in [0.717, 1.165) is 45.3 Å². The molecule has 0 radical (unpaired) electrons. The lowest BCUT2D eigenvalue weighted by Gasteiger charge is -2.42. The Kier molecular flexibility index (Phi) is 4.51. The van der Waals surface area contributed by atoms with Gasteiger partial charge in [0.15, 0.2) is 0 Å². The number of hydrogen-bond acceptors (Lipinski definition) is 3. The third-order valence-corrected chi connectivity index (χ3v) is 5.17. The summed E-state index contributed by atoms with van der Waals surface area (Å²) in [6.45, 7) is 7.27. The molecule has 0 aromatic carbocycles. The van der Waals surface area contributed by atoms with Gasteiger partial charge >= 0.3 is 5.97 Å². The van der Waals surface area contributed by atoms with Crippen LogP contribution < -0.4 is 0 Å². The van der Waals surface area contributed by atoms with Crippen LogP contribution in [0.1, 0.15) is 46.0 Å². The number of carboxylic acids is 1. The molecular formula is C15H28N2O2. The van der Waals surface area contributed by atoms with Gasteiger partial charge in [0.2, 0.25) is 0 Å². The first kappa shape index (κ1) is 14.8. The summed E-state index contributed by atoms with van der Waals surface area (Å²) in [4.78, 5) is 16.6. The maximum Gasteiger partial charge on any atom is 0.310 e. The second-order valence-corrected chi connectivity index (χ2v) is 6.59. The van der Waals surface area contributed by atoms with Crippen LogP contribution in [0.3, 0.4) is 0 Å². The van der Waals surface area contributed by atoms with Crippen LogP contribution in [0.15, 0.2) is 0 Å². The van der Waals surface area contributed by atoms with Crippen LogP contribution in [-0.4, -0.2) is 59.6 Å². The quantitative estimate of drug-likeness (QED) is 0.847. The Labute approximate surface area is 116 Å². The molecule has 2 heterocycles. The van der Waals surface area contributed by atoms with Crippen molar-refractivity contribution in [3.05, 3.63) is 0 Å². The summed E-state index contributed by atoms with van der Waals surface area (Å²) in [6, 6.07) is 1.17. The second kappa shape index (κ2) is 5.80. The molecule has 0 saturated carbocycles. The lowest BCUT2D eigenvalue weighted by Crippen LogP contribution is -2.51. The Morgan fingerprint density at radius 1 is 1.47 bits per heavy atom. The van der Waals surface area contributed by atoms with E-state index in [2.05, 4.69) is 30.7 Å². The van der Waals surface area contributed by atoms with Gasteiger partial charge in [-0.1, -0.05) is 13.3 Å². The van der Waals surface area contributed by atoms with E-state index in [-0.39, 0.29) is 0 Å². The molecule has 2 aliphatic heterocycles. The fourth-order valence-corrected chi connectivity index (χ4v) is 3.87. The molecule has 2 aliphatic rings. The molecule has 0 bridgehead atoms. The average molecular weight is 268 g/mol. The number of nitrogens with zero attached hydrogens (tertiary/aromatic N) is 2. The third-order valence-electron chi connectivity index (χ3n) is 5.17.